The molecular formula is C24H21NO6. The van der Waals surface area contributed by atoms with Gasteiger partial charge in [-0.2, -0.15) is 0 Å². The summed E-state index contributed by atoms with van der Waals surface area (Å²) in [6.45, 7) is 1.98. The van der Waals surface area contributed by atoms with Crippen molar-refractivity contribution in [1.82, 2.24) is 0 Å². The largest absolute Gasteiger partial charge is 0.490 e. The molecule has 0 unspecified atom stereocenters. The summed E-state index contributed by atoms with van der Waals surface area (Å²) in [5.74, 6) is -0.296. The van der Waals surface area contributed by atoms with Crippen LogP contribution in [0.4, 0.5) is 5.69 Å². The lowest BCUT2D eigenvalue weighted by Crippen LogP contribution is -2.17. The van der Waals surface area contributed by atoms with Crippen molar-refractivity contribution in [2.24, 2.45) is 0 Å². The van der Waals surface area contributed by atoms with Gasteiger partial charge in [0.15, 0.2) is 23.9 Å². The minimum Gasteiger partial charge on any atom is -0.490 e. The summed E-state index contributed by atoms with van der Waals surface area (Å²) in [6, 6.07) is 15.7. The number of rotatable bonds is 5. The average Bonchev–Trinajstić information content (AvgIpc) is 3.01. The molecule has 0 atom stereocenters. The molecule has 0 saturated heterocycles. The van der Waals surface area contributed by atoms with E-state index in [1.807, 2.05) is 24.3 Å². The number of ketones is 1. The molecule has 0 fully saturated rings. The van der Waals surface area contributed by atoms with E-state index in [0.29, 0.717) is 36.0 Å². The first-order valence-corrected chi connectivity index (χ1v) is 9.91. The molecular weight excluding hydrogens is 398 g/mol. The molecule has 1 aliphatic heterocycles. The van der Waals surface area contributed by atoms with Gasteiger partial charge in [-0.15, -0.1) is 0 Å². The van der Waals surface area contributed by atoms with E-state index in [-0.39, 0.29) is 17.3 Å². The Morgan fingerprint density at radius 1 is 0.935 bits per heavy atom. The van der Waals surface area contributed by atoms with Crippen LogP contribution < -0.4 is 14.8 Å². The van der Waals surface area contributed by atoms with Crippen LogP contribution in [0.1, 0.15) is 34.1 Å². The summed E-state index contributed by atoms with van der Waals surface area (Å²) in [5, 5.41) is 4.33. The number of anilines is 1. The van der Waals surface area contributed by atoms with Crippen LogP contribution in [-0.2, 0) is 9.53 Å². The van der Waals surface area contributed by atoms with E-state index in [1.165, 1.54) is 6.92 Å². The maximum Gasteiger partial charge on any atom is 0.340 e. The molecule has 1 N–H and O–H groups in total. The fourth-order valence-electron chi connectivity index (χ4n) is 3.33. The van der Waals surface area contributed by atoms with Gasteiger partial charge in [-0.1, -0.05) is 24.3 Å². The Balaban J connectivity index is 1.52. The highest BCUT2D eigenvalue weighted by Crippen LogP contribution is 2.30. The molecule has 3 aromatic carbocycles. The number of Topliss-reactive ketones (excluding diaryl/α,β-unsaturated/α-hetero) is 1. The predicted octanol–water partition coefficient (Wildman–Crippen LogP) is 4.00. The monoisotopic (exact) mass is 419 g/mol. The number of carbonyl (C=O) groups excluding carboxylic acids is 3. The number of fused-ring (bicyclic) bond motifs is 2. The third kappa shape index (κ3) is 4.66. The van der Waals surface area contributed by atoms with Crippen molar-refractivity contribution in [3.63, 3.8) is 0 Å². The molecule has 1 amide bonds. The minimum atomic E-state index is -0.697. The smallest absolute Gasteiger partial charge is 0.340 e. The van der Waals surface area contributed by atoms with Crippen LogP contribution in [0.2, 0.25) is 0 Å². The van der Waals surface area contributed by atoms with E-state index >= 15 is 0 Å². The van der Waals surface area contributed by atoms with E-state index in [1.54, 1.807) is 30.3 Å². The third-order valence-corrected chi connectivity index (χ3v) is 4.82. The van der Waals surface area contributed by atoms with Crippen molar-refractivity contribution in [3.8, 4) is 11.5 Å². The Hall–Kier alpha value is -3.87. The van der Waals surface area contributed by atoms with Gasteiger partial charge in [0.25, 0.3) is 0 Å². The molecule has 158 valence electrons. The quantitative estimate of drug-likeness (QED) is 0.497. The number of esters is 1. The van der Waals surface area contributed by atoms with Crippen LogP contribution in [-0.4, -0.2) is 37.5 Å². The molecule has 0 radical (unpaired) electrons. The lowest BCUT2D eigenvalue weighted by molar-refractivity contribution is -0.114. The Bertz CT molecular complexity index is 1170. The first-order chi connectivity index (χ1) is 15.0. The topological polar surface area (TPSA) is 90.9 Å². The molecule has 4 rings (SSSR count). The minimum absolute atomic E-state index is 0.181. The second kappa shape index (κ2) is 8.87. The standard InChI is InChI=1S/C24H21NO6/c1-15(26)25-20-12-17-6-3-2-5-16(17)11-19(20)24(28)31-14-21(27)18-7-8-22-23(13-18)30-10-4-9-29-22/h2-3,5-8,11-13H,4,9-10,14H2,1H3,(H,25,26). The van der Waals surface area contributed by atoms with Gasteiger partial charge in [-0.3, -0.25) is 9.59 Å². The number of nitrogens with one attached hydrogen (secondary N) is 1. The molecule has 1 heterocycles. The summed E-state index contributed by atoms with van der Waals surface area (Å²) < 4.78 is 16.4. The lowest BCUT2D eigenvalue weighted by Gasteiger charge is -2.12. The number of ether oxygens (including phenoxy) is 3. The highest BCUT2D eigenvalue weighted by molar-refractivity contribution is 6.06. The maximum absolute atomic E-state index is 12.7. The van der Waals surface area contributed by atoms with E-state index in [2.05, 4.69) is 5.32 Å². The molecule has 0 aromatic heterocycles. The molecule has 0 spiro atoms. The van der Waals surface area contributed by atoms with E-state index in [4.69, 9.17) is 14.2 Å². The fraction of sp³-hybridized carbons (Fsp3) is 0.208. The van der Waals surface area contributed by atoms with Gasteiger partial charge in [0, 0.05) is 18.9 Å². The molecule has 1 aliphatic rings. The van der Waals surface area contributed by atoms with Gasteiger partial charge in [-0.25, -0.2) is 4.79 Å². The summed E-state index contributed by atoms with van der Waals surface area (Å²) in [6.07, 6.45) is 0.762. The highest BCUT2D eigenvalue weighted by Gasteiger charge is 2.19. The van der Waals surface area contributed by atoms with Crippen LogP contribution in [0.15, 0.2) is 54.6 Å². The highest BCUT2D eigenvalue weighted by atomic mass is 16.5. The first-order valence-electron chi connectivity index (χ1n) is 9.91. The Morgan fingerprint density at radius 2 is 1.65 bits per heavy atom. The van der Waals surface area contributed by atoms with Gasteiger partial charge >= 0.3 is 5.97 Å². The predicted molar refractivity (Wildman–Crippen MR) is 115 cm³/mol. The van der Waals surface area contributed by atoms with Gasteiger partial charge in [0.1, 0.15) is 0 Å². The Kier molecular flexibility index (Phi) is 5.84. The Morgan fingerprint density at radius 3 is 2.39 bits per heavy atom. The van der Waals surface area contributed by atoms with Gasteiger partial charge in [-0.05, 0) is 41.1 Å². The molecule has 7 nitrogen and oxygen atoms in total. The molecule has 0 bridgehead atoms. The number of carbonyl (C=O) groups is 3. The van der Waals surface area contributed by atoms with Gasteiger partial charge in [0.05, 0.1) is 24.5 Å². The van der Waals surface area contributed by atoms with E-state index in [0.717, 1.165) is 17.2 Å². The molecule has 3 aromatic rings. The maximum atomic E-state index is 12.7. The molecule has 7 heteroatoms. The Labute approximate surface area is 178 Å². The van der Waals surface area contributed by atoms with E-state index < -0.39 is 12.6 Å². The van der Waals surface area contributed by atoms with Crippen LogP contribution in [0.25, 0.3) is 10.8 Å². The molecule has 0 aliphatic carbocycles. The van der Waals surface area contributed by atoms with Crippen LogP contribution in [0, 0.1) is 0 Å². The first kappa shape index (κ1) is 20.4. The summed E-state index contributed by atoms with van der Waals surface area (Å²) >= 11 is 0. The van der Waals surface area contributed by atoms with Crippen molar-refractivity contribution in [2.45, 2.75) is 13.3 Å². The normalized spacial score (nSPS) is 12.7. The van der Waals surface area contributed by atoms with Crippen molar-refractivity contribution in [3.05, 3.63) is 65.7 Å². The van der Waals surface area contributed by atoms with Crippen LogP contribution >= 0.6 is 0 Å². The second-order valence-electron chi connectivity index (χ2n) is 7.14. The third-order valence-electron chi connectivity index (χ3n) is 4.82. The number of hydrogen-bond acceptors (Lipinski definition) is 6. The zero-order chi connectivity index (χ0) is 21.8. The zero-order valence-electron chi connectivity index (χ0n) is 17.0. The number of benzene rings is 3. The van der Waals surface area contributed by atoms with Crippen LogP contribution in [0.3, 0.4) is 0 Å². The molecule has 0 saturated carbocycles. The van der Waals surface area contributed by atoms with Gasteiger partial charge in [0.2, 0.25) is 5.91 Å². The summed E-state index contributed by atoms with van der Waals surface area (Å²) in [4.78, 5) is 36.9. The van der Waals surface area contributed by atoms with E-state index in [9.17, 15) is 14.4 Å². The fourth-order valence-corrected chi connectivity index (χ4v) is 3.33. The summed E-state index contributed by atoms with van der Waals surface area (Å²) in [5.41, 5.74) is 0.872. The van der Waals surface area contributed by atoms with Crippen molar-refractivity contribution < 1.29 is 28.6 Å². The number of amides is 1. The zero-order valence-corrected chi connectivity index (χ0v) is 17.0. The van der Waals surface area contributed by atoms with Crippen molar-refractivity contribution >= 4 is 34.1 Å². The summed E-state index contributed by atoms with van der Waals surface area (Å²) in [7, 11) is 0. The van der Waals surface area contributed by atoms with Crippen LogP contribution in [0.5, 0.6) is 11.5 Å². The molecule has 31 heavy (non-hydrogen) atoms. The number of hydrogen-bond donors (Lipinski definition) is 1. The average molecular weight is 419 g/mol. The lowest BCUT2D eigenvalue weighted by atomic mass is 10.0. The second-order valence-corrected chi connectivity index (χ2v) is 7.14. The SMILES string of the molecule is CC(=O)Nc1cc2ccccc2cc1C(=O)OCC(=O)c1ccc2c(c1)OCCCO2. The van der Waals surface area contributed by atoms with Gasteiger partial charge < -0.3 is 19.5 Å². The van der Waals surface area contributed by atoms with Crippen molar-refractivity contribution in [2.75, 3.05) is 25.1 Å². The van der Waals surface area contributed by atoms with Crippen molar-refractivity contribution in [1.29, 1.82) is 0 Å².